The number of thiophene rings is 1. The van der Waals surface area contributed by atoms with Crippen LogP contribution < -0.4 is 0 Å². The van der Waals surface area contributed by atoms with Crippen LogP contribution in [0.3, 0.4) is 0 Å². The Bertz CT molecular complexity index is 2720. The summed E-state index contributed by atoms with van der Waals surface area (Å²) in [6, 6.07) is 44.7. The first-order chi connectivity index (χ1) is 24.1. The third kappa shape index (κ3) is 4.58. The van der Waals surface area contributed by atoms with Crippen molar-refractivity contribution in [1.82, 2.24) is 14.5 Å². The predicted octanol–water partition coefficient (Wildman–Crippen LogP) is 11.9. The molecule has 3 aromatic heterocycles. The van der Waals surface area contributed by atoms with Gasteiger partial charge in [0.05, 0.1) is 23.8 Å². The van der Waals surface area contributed by atoms with Crippen LogP contribution in [0.25, 0.3) is 88.0 Å². The second-order valence-electron chi connectivity index (χ2n) is 12.2. The zero-order valence-electron chi connectivity index (χ0n) is 27.1. The second-order valence-corrected chi connectivity index (χ2v) is 13.4. The number of allylic oxidation sites excluding steroid dienone is 1. The topological polar surface area (TPSA) is 39.9 Å². The van der Waals surface area contributed by atoms with Crippen LogP contribution in [0.4, 0.5) is 0 Å². The lowest BCUT2D eigenvalue weighted by molar-refractivity contribution is 0.311. The van der Waals surface area contributed by atoms with Crippen LogP contribution in [0.2, 0.25) is 0 Å². The van der Waals surface area contributed by atoms with Crippen molar-refractivity contribution in [3.05, 3.63) is 156 Å². The van der Waals surface area contributed by atoms with Gasteiger partial charge in [-0.1, -0.05) is 122 Å². The first-order valence-corrected chi connectivity index (χ1v) is 17.1. The number of rotatable bonds is 6. The molecule has 0 spiro atoms. The summed E-state index contributed by atoms with van der Waals surface area (Å²) in [4.78, 5) is 11.7. The van der Waals surface area contributed by atoms with Crippen LogP contribution in [0, 0.1) is 6.92 Å². The Morgan fingerprint density at radius 1 is 0.714 bits per heavy atom. The Morgan fingerprint density at radius 2 is 1.39 bits per heavy atom. The molecule has 0 bridgehead atoms. The molecule has 0 aliphatic carbocycles. The molecule has 0 fully saturated rings. The fraction of sp³-hybridized carbons (Fsp3) is 0.0455. The van der Waals surface area contributed by atoms with Gasteiger partial charge in [0.2, 0.25) is 0 Å². The maximum Gasteiger partial charge on any atom is 0.162 e. The zero-order valence-corrected chi connectivity index (χ0v) is 28.0. The molecule has 3 heterocycles. The summed E-state index contributed by atoms with van der Waals surface area (Å²) in [5, 5.41) is 8.45. The van der Waals surface area contributed by atoms with E-state index >= 15 is 0 Å². The lowest BCUT2D eigenvalue weighted by atomic mass is 9.97. The van der Waals surface area contributed by atoms with Crippen LogP contribution >= 0.6 is 11.3 Å². The maximum atomic E-state index is 5.69. The highest BCUT2D eigenvalue weighted by atomic mass is 32.1. The van der Waals surface area contributed by atoms with E-state index in [9.17, 15) is 0 Å². The molecule has 0 aliphatic heterocycles. The summed E-state index contributed by atoms with van der Waals surface area (Å²) >= 11 is 1.84. The maximum absolute atomic E-state index is 5.69. The van der Waals surface area contributed by atoms with Gasteiger partial charge in [-0.05, 0) is 41.3 Å². The molecule has 0 unspecified atom stereocenters. The van der Waals surface area contributed by atoms with Gasteiger partial charge in [0.1, 0.15) is 11.6 Å². The van der Waals surface area contributed by atoms with E-state index in [1.165, 1.54) is 41.9 Å². The minimum Gasteiger partial charge on any atom is -0.497 e. The molecule has 0 aliphatic rings. The third-order valence-electron chi connectivity index (χ3n) is 9.43. The first kappa shape index (κ1) is 29.1. The zero-order chi connectivity index (χ0) is 33.1. The number of aryl methyl sites for hydroxylation is 1. The van der Waals surface area contributed by atoms with Crippen molar-refractivity contribution >= 4 is 70.8 Å². The Hall–Kier alpha value is -6.04. The van der Waals surface area contributed by atoms with Crippen molar-refractivity contribution in [2.75, 3.05) is 7.11 Å². The first-order valence-electron chi connectivity index (χ1n) is 16.3. The molecule has 49 heavy (non-hydrogen) atoms. The average Bonchev–Trinajstić information content (AvgIpc) is 3.69. The number of methoxy groups -OCH3 is 1. The fourth-order valence-corrected chi connectivity index (χ4v) is 8.42. The van der Waals surface area contributed by atoms with E-state index in [1.54, 1.807) is 13.2 Å². The van der Waals surface area contributed by atoms with Crippen LogP contribution in [-0.2, 0) is 4.74 Å². The van der Waals surface area contributed by atoms with Gasteiger partial charge in [0.15, 0.2) is 5.82 Å². The molecule has 0 saturated heterocycles. The van der Waals surface area contributed by atoms with Crippen molar-refractivity contribution in [3.63, 3.8) is 0 Å². The number of nitrogens with zero attached hydrogens (tertiary/aromatic N) is 3. The van der Waals surface area contributed by atoms with Crippen LogP contribution in [-0.4, -0.2) is 21.6 Å². The van der Waals surface area contributed by atoms with Crippen molar-refractivity contribution in [2.24, 2.45) is 0 Å². The van der Waals surface area contributed by atoms with Gasteiger partial charge >= 0.3 is 0 Å². The van der Waals surface area contributed by atoms with E-state index in [1.807, 2.05) is 35.6 Å². The lowest BCUT2D eigenvalue weighted by Crippen LogP contribution is -2.03. The minimum atomic E-state index is 0.689. The largest absolute Gasteiger partial charge is 0.497 e. The average molecular weight is 650 g/mol. The molecular formula is C44H31N3OS. The molecule has 5 heteroatoms. The number of benzene rings is 6. The van der Waals surface area contributed by atoms with Crippen LogP contribution in [0.1, 0.15) is 10.4 Å². The molecule has 0 atom stereocenters. The minimum absolute atomic E-state index is 0.689. The predicted molar refractivity (Wildman–Crippen MR) is 208 cm³/mol. The number of hydrogen-bond donors (Lipinski definition) is 0. The monoisotopic (exact) mass is 649 g/mol. The molecule has 9 aromatic rings. The van der Waals surface area contributed by atoms with Crippen molar-refractivity contribution in [1.29, 1.82) is 0 Å². The number of ether oxygens (including phenoxy) is 1. The molecular weight excluding hydrogens is 619 g/mol. The van der Waals surface area contributed by atoms with Crippen molar-refractivity contribution < 1.29 is 4.74 Å². The Morgan fingerprint density at radius 3 is 2.12 bits per heavy atom. The van der Waals surface area contributed by atoms with E-state index in [0.29, 0.717) is 5.82 Å². The van der Waals surface area contributed by atoms with E-state index in [0.717, 1.165) is 50.4 Å². The summed E-state index contributed by atoms with van der Waals surface area (Å²) in [5.74, 6) is 2.26. The van der Waals surface area contributed by atoms with E-state index in [4.69, 9.17) is 14.7 Å². The summed E-state index contributed by atoms with van der Waals surface area (Å²) < 4.78 is 9.31. The number of fused-ring (bicyclic) bond motifs is 10. The summed E-state index contributed by atoms with van der Waals surface area (Å²) in [5.41, 5.74) is 6.30. The van der Waals surface area contributed by atoms with Gasteiger partial charge < -0.3 is 4.74 Å². The molecule has 0 N–H and O–H groups in total. The smallest absolute Gasteiger partial charge is 0.162 e. The van der Waals surface area contributed by atoms with Crippen LogP contribution in [0.5, 0.6) is 0 Å². The number of aromatic nitrogens is 3. The van der Waals surface area contributed by atoms with E-state index in [2.05, 4.69) is 127 Å². The van der Waals surface area contributed by atoms with Gasteiger partial charge in [-0.25, -0.2) is 9.97 Å². The molecule has 0 saturated carbocycles. The van der Waals surface area contributed by atoms with Gasteiger partial charge in [-0.15, -0.1) is 11.3 Å². The quantitative estimate of drug-likeness (QED) is 0.133. The van der Waals surface area contributed by atoms with E-state index in [-0.39, 0.29) is 0 Å². The highest BCUT2D eigenvalue weighted by Gasteiger charge is 2.25. The summed E-state index contributed by atoms with van der Waals surface area (Å²) in [6.07, 6.45) is 3.90. The normalized spacial score (nSPS) is 12.1. The number of hydrogen-bond acceptors (Lipinski definition) is 4. The fourth-order valence-electron chi connectivity index (χ4n) is 7.22. The molecule has 4 nitrogen and oxygen atoms in total. The molecule has 0 radical (unpaired) electrons. The summed E-state index contributed by atoms with van der Waals surface area (Å²) in [6.45, 7) is 6.20. The Balaban J connectivity index is 1.51. The molecule has 0 amide bonds. The van der Waals surface area contributed by atoms with Crippen LogP contribution in [0.15, 0.2) is 146 Å². The van der Waals surface area contributed by atoms with Crippen molar-refractivity contribution in [2.45, 2.75) is 6.92 Å². The highest BCUT2D eigenvalue weighted by molar-refractivity contribution is 7.20. The highest BCUT2D eigenvalue weighted by Crippen LogP contribution is 2.49. The SMILES string of the molecule is C=C/C(=C\c1c(C)sc2c1c1ccccc1c1c2c2c3ccccc3ccc2n1-c1cc(-c2ccccc2)nc(-c2ccccc2)n1)OC. The van der Waals surface area contributed by atoms with Crippen molar-refractivity contribution in [3.8, 4) is 28.5 Å². The Kier molecular flexibility index (Phi) is 6.88. The molecule has 234 valence electrons. The van der Waals surface area contributed by atoms with E-state index < -0.39 is 0 Å². The van der Waals surface area contributed by atoms with Gasteiger partial charge in [-0.3, -0.25) is 4.57 Å². The molecule has 6 aromatic carbocycles. The van der Waals surface area contributed by atoms with Gasteiger partial charge in [-0.2, -0.15) is 0 Å². The summed E-state index contributed by atoms with van der Waals surface area (Å²) in [7, 11) is 1.70. The van der Waals surface area contributed by atoms with Gasteiger partial charge in [0.25, 0.3) is 0 Å². The standard InChI is InChI=1S/C44H31N3OS/c1-4-31(48-3)25-35-27(2)49-43-39(35)33-21-13-14-22-34(33)42-41(43)40-32-20-12-11-15-28(32)23-24-37(40)47(42)38-26-36(29-16-7-5-8-17-29)45-44(46-38)30-18-9-6-10-19-30/h4-26H,1H2,2-3H3/b31-25+. The lowest BCUT2D eigenvalue weighted by Gasteiger charge is -2.13. The van der Waals surface area contributed by atoms with Gasteiger partial charge in [0, 0.05) is 53.9 Å². The Labute approximate surface area is 287 Å². The second kappa shape index (κ2) is 11.6. The molecule has 9 rings (SSSR count). The third-order valence-corrected chi connectivity index (χ3v) is 10.6.